The molecule has 3 atom stereocenters. The van der Waals surface area contributed by atoms with E-state index in [0.717, 1.165) is 11.6 Å². The molecule has 1 fully saturated rings. The van der Waals surface area contributed by atoms with Crippen LogP contribution in [-0.2, 0) is 31.7 Å². The van der Waals surface area contributed by atoms with Gasteiger partial charge >= 0.3 is 12.1 Å². The number of hydrogen-bond acceptors (Lipinski definition) is 5. The topological polar surface area (TPSA) is 129 Å². The zero-order valence-corrected chi connectivity index (χ0v) is 23.9. The second-order valence-electron chi connectivity index (χ2n) is 10.3. The standard InChI is InChI=1S/C32H33F3N4O5/c1-2-44-28(40)15-12-22(19-21-16-17-36-29(21)41)37-31(43)27(18-20-8-4-3-5-9-20)39-30(42)26-14-13-25(38-26)23-10-6-7-11-24(23)32(33,34)35/h3-15,21-22,27,38H,2,16-19H2,1H3,(H,36,41)(H,37,43)(H,39,42)/b15-12+/t21-,22+,27-/m1/s1. The highest BCUT2D eigenvalue weighted by Gasteiger charge is 2.34. The second-order valence-corrected chi connectivity index (χ2v) is 10.3. The fourth-order valence-corrected chi connectivity index (χ4v) is 4.98. The van der Waals surface area contributed by atoms with Crippen molar-refractivity contribution in [1.29, 1.82) is 0 Å². The summed E-state index contributed by atoms with van der Waals surface area (Å²) in [7, 11) is 0. The molecule has 0 aliphatic carbocycles. The number of carbonyl (C=O) groups excluding carboxylic acids is 4. The van der Waals surface area contributed by atoms with Crippen molar-refractivity contribution in [3.05, 3.63) is 95.7 Å². The Morgan fingerprint density at radius 2 is 1.75 bits per heavy atom. The first kappa shape index (κ1) is 32.1. The minimum absolute atomic E-state index is 0.0378. The summed E-state index contributed by atoms with van der Waals surface area (Å²) >= 11 is 0. The number of alkyl halides is 3. The Hall–Kier alpha value is -4.87. The lowest BCUT2D eigenvalue weighted by Gasteiger charge is -2.23. The smallest absolute Gasteiger partial charge is 0.417 e. The maximum Gasteiger partial charge on any atom is 0.417 e. The van der Waals surface area contributed by atoms with Gasteiger partial charge in [0.15, 0.2) is 0 Å². The van der Waals surface area contributed by atoms with E-state index >= 15 is 0 Å². The summed E-state index contributed by atoms with van der Waals surface area (Å²) < 4.78 is 45.6. The maximum atomic E-state index is 13.6. The second kappa shape index (κ2) is 14.5. The van der Waals surface area contributed by atoms with Crippen LogP contribution in [0.3, 0.4) is 0 Å². The molecule has 0 spiro atoms. The number of hydrogen-bond donors (Lipinski definition) is 4. The fraction of sp³-hybridized carbons (Fsp3) is 0.312. The Labute approximate surface area is 252 Å². The number of amides is 3. The van der Waals surface area contributed by atoms with E-state index < -0.39 is 41.6 Å². The number of halogens is 3. The number of carbonyl (C=O) groups is 4. The molecule has 1 aliphatic heterocycles. The fourth-order valence-electron chi connectivity index (χ4n) is 4.98. The molecule has 12 heteroatoms. The molecule has 3 aromatic rings. The lowest BCUT2D eigenvalue weighted by atomic mass is 9.97. The molecule has 0 radical (unpaired) electrons. The van der Waals surface area contributed by atoms with Crippen molar-refractivity contribution in [2.45, 2.75) is 44.4 Å². The van der Waals surface area contributed by atoms with Crippen molar-refractivity contribution in [3.63, 3.8) is 0 Å². The number of benzene rings is 2. The summed E-state index contributed by atoms with van der Waals surface area (Å²) in [6, 6.07) is 14.8. The van der Waals surface area contributed by atoms with Crippen molar-refractivity contribution >= 4 is 23.7 Å². The zero-order chi connectivity index (χ0) is 31.7. The van der Waals surface area contributed by atoms with Gasteiger partial charge in [0, 0.05) is 42.3 Å². The van der Waals surface area contributed by atoms with Gasteiger partial charge in [0.25, 0.3) is 5.91 Å². The average Bonchev–Trinajstić information content (AvgIpc) is 3.65. The van der Waals surface area contributed by atoms with Gasteiger partial charge in [-0.1, -0.05) is 54.6 Å². The summed E-state index contributed by atoms with van der Waals surface area (Å²) in [5.41, 5.74) is -0.179. The number of aromatic amines is 1. The number of aromatic nitrogens is 1. The molecule has 3 amide bonds. The van der Waals surface area contributed by atoms with E-state index in [9.17, 15) is 32.3 Å². The Kier molecular flexibility index (Phi) is 10.6. The number of H-pyrrole nitrogens is 1. The van der Waals surface area contributed by atoms with E-state index in [1.807, 2.05) is 0 Å². The van der Waals surface area contributed by atoms with E-state index in [1.54, 1.807) is 37.3 Å². The number of nitrogens with one attached hydrogen (secondary N) is 4. The number of rotatable bonds is 12. The SMILES string of the molecule is CCOC(=O)/C=C/[C@@H](C[C@H]1CCNC1=O)NC(=O)[C@@H](Cc1ccccc1)NC(=O)c1ccc(-c2ccccc2C(F)(F)F)[nH]1. The third kappa shape index (κ3) is 8.59. The Morgan fingerprint density at radius 3 is 2.43 bits per heavy atom. The van der Waals surface area contributed by atoms with Gasteiger partial charge in [-0.25, -0.2) is 4.79 Å². The van der Waals surface area contributed by atoms with Crippen LogP contribution in [0.1, 0.15) is 41.4 Å². The quantitative estimate of drug-likeness (QED) is 0.181. The summed E-state index contributed by atoms with van der Waals surface area (Å²) in [6.45, 7) is 2.33. The molecule has 44 heavy (non-hydrogen) atoms. The monoisotopic (exact) mass is 610 g/mol. The van der Waals surface area contributed by atoms with Gasteiger partial charge in [0.1, 0.15) is 11.7 Å². The highest BCUT2D eigenvalue weighted by Crippen LogP contribution is 2.36. The molecule has 0 unspecified atom stereocenters. The van der Waals surface area contributed by atoms with Crippen molar-refractivity contribution in [3.8, 4) is 11.3 Å². The molecule has 0 bridgehead atoms. The highest BCUT2D eigenvalue weighted by molar-refractivity contribution is 5.97. The van der Waals surface area contributed by atoms with E-state index in [1.165, 1.54) is 42.5 Å². The van der Waals surface area contributed by atoms with Crippen LogP contribution in [0.25, 0.3) is 11.3 Å². The summed E-state index contributed by atoms with van der Waals surface area (Å²) in [4.78, 5) is 53.9. The van der Waals surface area contributed by atoms with Gasteiger partial charge in [-0.2, -0.15) is 13.2 Å². The first-order valence-corrected chi connectivity index (χ1v) is 14.2. The van der Waals surface area contributed by atoms with Crippen LogP contribution < -0.4 is 16.0 Å². The Bertz CT molecular complexity index is 1500. The molecular weight excluding hydrogens is 577 g/mol. The van der Waals surface area contributed by atoms with E-state index in [2.05, 4.69) is 20.9 Å². The van der Waals surface area contributed by atoms with Crippen molar-refractivity contribution in [2.75, 3.05) is 13.2 Å². The van der Waals surface area contributed by atoms with E-state index in [0.29, 0.717) is 13.0 Å². The van der Waals surface area contributed by atoms with Crippen LogP contribution in [-0.4, -0.2) is 53.9 Å². The van der Waals surface area contributed by atoms with Crippen LogP contribution in [0.15, 0.2) is 78.9 Å². The lowest BCUT2D eigenvalue weighted by Crippen LogP contribution is -2.51. The molecule has 4 rings (SSSR count). The van der Waals surface area contributed by atoms with Gasteiger partial charge in [0.2, 0.25) is 11.8 Å². The van der Waals surface area contributed by atoms with Crippen LogP contribution in [0, 0.1) is 5.92 Å². The largest absolute Gasteiger partial charge is 0.463 e. The lowest BCUT2D eigenvalue weighted by molar-refractivity contribution is -0.138. The molecule has 2 aromatic carbocycles. The van der Waals surface area contributed by atoms with Crippen molar-refractivity contribution in [1.82, 2.24) is 20.9 Å². The molecule has 1 aliphatic rings. The van der Waals surface area contributed by atoms with Crippen LogP contribution in [0.5, 0.6) is 0 Å². The van der Waals surface area contributed by atoms with Crippen LogP contribution >= 0.6 is 0 Å². The molecule has 232 valence electrons. The van der Waals surface area contributed by atoms with Gasteiger partial charge in [-0.05, 0) is 43.5 Å². The first-order valence-electron chi connectivity index (χ1n) is 14.2. The Balaban J connectivity index is 1.55. The normalized spacial score (nSPS) is 16.3. The third-order valence-corrected chi connectivity index (χ3v) is 7.14. The third-order valence-electron chi connectivity index (χ3n) is 7.14. The first-order chi connectivity index (χ1) is 21.0. The van der Waals surface area contributed by atoms with Gasteiger partial charge < -0.3 is 25.7 Å². The Morgan fingerprint density at radius 1 is 1.02 bits per heavy atom. The number of esters is 1. The zero-order valence-electron chi connectivity index (χ0n) is 23.9. The average molecular weight is 611 g/mol. The molecule has 1 aromatic heterocycles. The highest BCUT2D eigenvalue weighted by atomic mass is 19.4. The van der Waals surface area contributed by atoms with Crippen molar-refractivity contribution in [2.24, 2.45) is 5.92 Å². The van der Waals surface area contributed by atoms with E-state index in [4.69, 9.17) is 4.74 Å². The van der Waals surface area contributed by atoms with Crippen molar-refractivity contribution < 1.29 is 37.1 Å². The van der Waals surface area contributed by atoms with E-state index in [-0.39, 0.29) is 48.2 Å². The molecule has 2 heterocycles. The summed E-state index contributed by atoms with van der Waals surface area (Å²) in [6.07, 6.45) is -1.07. The predicted octanol–water partition coefficient (Wildman–Crippen LogP) is 4.17. The minimum Gasteiger partial charge on any atom is -0.463 e. The van der Waals surface area contributed by atoms with Gasteiger partial charge in [-0.3, -0.25) is 14.4 Å². The number of ether oxygens (including phenoxy) is 1. The maximum absolute atomic E-state index is 13.6. The predicted molar refractivity (Wildman–Crippen MR) is 156 cm³/mol. The van der Waals surface area contributed by atoms with Gasteiger partial charge in [-0.15, -0.1) is 0 Å². The summed E-state index contributed by atoms with van der Waals surface area (Å²) in [5, 5.41) is 8.26. The van der Waals surface area contributed by atoms with Gasteiger partial charge in [0.05, 0.1) is 12.2 Å². The van der Waals surface area contributed by atoms with Crippen LogP contribution in [0.2, 0.25) is 0 Å². The molecular formula is C32H33F3N4O5. The molecule has 4 N–H and O–H groups in total. The molecule has 9 nitrogen and oxygen atoms in total. The summed E-state index contributed by atoms with van der Waals surface area (Å²) in [5.74, 6) is -2.42. The minimum atomic E-state index is -4.60. The van der Waals surface area contributed by atoms with Crippen LogP contribution in [0.4, 0.5) is 13.2 Å². The molecule has 0 saturated carbocycles. The molecule has 1 saturated heterocycles.